The second-order valence-electron chi connectivity index (χ2n) is 2.75. The first-order valence-corrected chi connectivity index (χ1v) is 3.81. The standard InChI is InChI=1S/C8H6N2O4/c1-3-4(8(12)13)5-6(11)9-2-10-7(5)14-3/h2H,1H3,(H,12,13)(H,9,10,11). The van der Waals surface area contributed by atoms with Crippen LogP contribution in [0.15, 0.2) is 15.5 Å². The lowest BCUT2D eigenvalue weighted by Gasteiger charge is -1.88. The monoisotopic (exact) mass is 194 g/mol. The summed E-state index contributed by atoms with van der Waals surface area (Å²) in [6.45, 7) is 1.48. The minimum absolute atomic E-state index is 0.0162. The number of hydrogen-bond donors (Lipinski definition) is 2. The van der Waals surface area contributed by atoms with E-state index < -0.39 is 11.5 Å². The molecule has 0 aromatic carbocycles. The average Bonchev–Trinajstić information content (AvgIpc) is 2.42. The third kappa shape index (κ3) is 1.00. The second kappa shape index (κ2) is 2.69. The van der Waals surface area contributed by atoms with Gasteiger partial charge in [0, 0.05) is 0 Å². The summed E-state index contributed by atoms with van der Waals surface area (Å²) in [7, 11) is 0. The molecule has 0 amide bonds. The number of fused-ring (bicyclic) bond motifs is 1. The summed E-state index contributed by atoms with van der Waals surface area (Å²) < 4.78 is 5.03. The Labute approximate surface area is 77.2 Å². The molecule has 0 fully saturated rings. The molecule has 2 rings (SSSR count). The first-order chi connectivity index (χ1) is 6.61. The van der Waals surface area contributed by atoms with E-state index in [1.807, 2.05) is 0 Å². The molecule has 0 bridgehead atoms. The van der Waals surface area contributed by atoms with Crippen molar-refractivity contribution in [1.29, 1.82) is 0 Å². The summed E-state index contributed by atoms with van der Waals surface area (Å²) in [5, 5.41) is 8.82. The van der Waals surface area contributed by atoms with Crippen LogP contribution in [0, 0.1) is 6.92 Å². The Morgan fingerprint density at radius 3 is 3.00 bits per heavy atom. The van der Waals surface area contributed by atoms with Crippen LogP contribution >= 0.6 is 0 Å². The Morgan fingerprint density at radius 1 is 1.64 bits per heavy atom. The highest BCUT2D eigenvalue weighted by atomic mass is 16.4. The summed E-state index contributed by atoms with van der Waals surface area (Å²) in [5.41, 5.74) is -0.595. The van der Waals surface area contributed by atoms with Crippen LogP contribution in [0.1, 0.15) is 16.1 Å². The molecule has 6 heteroatoms. The van der Waals surface area contributed by atoms with Gasteiger partial charge in [0.05, 0.1) is 6.33 Å². The van der Waals surface area contributed by atoms with Crippen molar-refractivity contribution in [3.05, 3.63) is 28.0 Å². The molecule has 2 N–H and O–H groups in total. The van der Waals surface area contributed by atoms with Gasteiger partial charge in [-0.15, -0.1) is 0 Å². The number of aromatic carboxylic acids is 1. The number of carboxylic acids is 1. The van der Waals surface area contributed by atoms with E-state index in [4.69, 9.17) is 9.52 Å². The van der Waals surface area contributed by atoms with E-state index in [-0.39, 0.29) is 22.4 Å². The molecule has 72 valence electrons. The van der Waals surface area contributed by atoms with Gasteiger partial charge in [-0.3, -0.25) is 4.79 Å². The molecule has 14 heavy (non-hydrogen) atoms. The van der Waals surface area contributed by atoms with Crippen LogP contribution in [0.2, 0.25) is 0 Å². The van der Waals surface area contributed by atoms with E-state index in [0.717, 1.165) is 0 Å². The van der Waals surface area contributed by atoms with E-state index >= 15 is 0 Å². The summed E-state index contributed by atoms with van der Waals surface area (Å²) in [6.07, 6.45) is 1.17. The maximum Gasteiger partial charge on any atom is 0.340 e. The third-order valence-electron chi connectivity index (χ3n) is 1.88. The number of aromatic amines is 1. The number of carbonyl (C=O) groups is 1. The van der Waals surface area contributed by atoms with Crippen molar-refractivity contribution in [3.8, 4) is 0 Å². The highest BCUT2D eigenvalue weighted by molar-refractivity contribution is 6.02. The molecule has 0 saturated carbocycles. The zero-order valence-electron chi connectivity index (χ0n) is 7.20. The highest BCUT2D eigenvalue weighted by Crippen LogP contribution is 2.19. The number of aromatic nitrogens is 2. The quantitative estimate of drug-likeness (QED) is 0.689. The summed E-state index contributed by atoms with van der Waals surface area (Å²) in [6, 6.07) is 0. The molecule has 6 nitrogen and oxygen atoms in total. The van der Waals surface area contributed by atoms with Gasteiger partial charge in [-0.05, 0) is 6.92 Å². The van der Waals surface area contributed by atoms with E-state index in [1.54, 1.807) is 0 Å². The summed E-state index contributed by atoms with van der Waals surface area (Å²) in [5.74, 6) is -1.02. The molecule has 2 aromatic rings. The zero-order chi connectivity index (χ0) is 10.3. The Hall–Kier alpha value is -2.11. The van der Waals surface area contributed by atoms with Gasteiger partial charge in [0.25, 0.3) is 5.56 Å². The van der Waals surface area contributed by atoms with Crippen LogP contribution in [0.25, 0.3) is 11.1 Å². The minimum atomic E-state index is -1.19. The molecule has 0 saturated heterocycles. The second-order valence-corrected chi connectivity index (χ2v) is 2.75. The number of furan rings is 1. The number of carboxylic acid groups (broad SMARTS) is 1. The van der Waals surface area contributed by atoms with Crippen molar-refractivity contribution in [3.63, 3.8) is 0 Å². The van der Waals surface area contributed by atoms with Crippen LogP contribution in [-0.2, 0) is 0 Å². The molecule has 0 atom stereocenters. The molecular weight excluding hydrogens is 188 g/mol. The predicted octanol–water partition coefficient (Wildman–Crippen LogP) is 0.523. The van der Waals surface area contributed by atoms with Crippen molar-refractivity contribution in [2.24, 2.45) is 0 Å². The number of H-pyrrole nitrogens is 1. The fraction of sp³-hybridized carbons (Fsp3) is 0.125. The summed E-state index contributed by atoms with van der Waals surface area (Å²) >= 11 is 0. The average molecular weight is 194 g/mol. The lowest BCUT2D eigenvalue weighted by atomic mass is 10.2. The molecule has 2 aromatic heterocycles. The molecule has 0 aliphatic rings. The van der Waals surface area contributed by atoms with Gasteiger partial charge in [-0.1, -0.05) is 0 Å². The molecule has 0 aliphatic carbocycles. The van der Waals surface area contributed by atoms with Gasteiger partial charge in [0.2, 0.25) is 5.71 Å². The molecule has 0 spiro atoms. The van der Waals surface area contributed by atoms with Crippen LogP contribution in [-0.4, -0.2) is 21.0 Å². The van der Waals surface area contributed by atoms with Gasteiger partial charge in [0.15, 0.2) is 0 Å². The lowest BCUT2D eigenvalue weighted by Crippen LogP contribution is -2.09. The number of nitrogens with one attached hydrogen (secondary N) is 1. The van der Waals surface area contributed by atoms with Crippen LogP contribution < -0.4 is 5.56 Å². The fourth-order valence-electron chi connectivity index (χ4n) is 1.31. The van der Waals surface area contributed by atoms with Crippen LogP contribution in [0.3, 0.4) is 0 Å². The smallest absolute Gasteiger partial charge is 0.340 e. The first-order valence-electron chi connectivity index (χ1n) is 3.81. The first kappa shape index (κ1) is 8.49. The SMILES string of the molecule is Cc1oc2nc[nH]c(=O)c2c1C(=O)O. The van der Waals surface area contributed by atoms with Crippen molar-refractivity contribution in [2.45, 2.75) is 6.92 Å². The Bertz CT molecular complexity index is 566. The van der Waals surface area contributed by atoms with E-state index in [1.165, 1.54) is 13.3 Å². The number of aryl methyl sites for hydroxylation is 1. The fourth-order valence-corrected chi connectivity index (χ4v) is 1.31. The van der Waals surface area contributed by atoms with Crippen LogP contribution in [0.5, 0.6) is 0 Å². The van der Waals surface area contributed by atoms with E-state index in [9.17, 15) is 9.59 Å². The molecular formula is C8H6N2O4. The predicted molar refractivity (Wildman–Crippen MR) is 46.3 cm³/mol. The Balaban J connectivity index is 3.01. The number of hydrogen-bond acceptors (Lipinski definition) is 4. The van der Waals surface area contributed by atoms with Gasteiger partial charge >= 0.3 is 5.97 Å². The van der Waals surface area contributed by atoms with Crippen molar-refractivity contribution in [2.75, 3.05) is 0 Å². The highest BCUT2D eigenvalue weighted by Gasteiger charge is 2.20. The van der Waals surface area contributed by atoms with E-state index in [2.05, 4.69) is 9.97 Å². The van der Waals surface area contributed by atoms with Crippen LogP contribution in [0.4, 0.5) is 0 Å². The maximum absolute atomic E-state index is 11.3. The third-order valence-corrected chi connectivity index (χ3v) is 1.88. The van der Waals surface area contributed by atoms with Gasteiger partial charge in [-0.2, -0.15) is 0 Å². The topological polar surface area (TPSA) is 96.2 Å². The minimum Gasteiger partial charge on any atom is -0.478 e. The van der Waals surface area contributed by atoms with Gasteiger partial charge in [0.1, 0.15) is 16.7 Å². The number of nitrogens with zero attached hydrogens (tertiary/aromatic N) is 1. The van der Waals surface area contributed by atoms with Crippen molar-refractivity contribution in [1.82, 2.24) is 9.97 Å². The summed E-state index contributed by atoms with van der Waals surface area (Å²) in [4.78, 5) is 28.1. The normalized spacial score (nSPS) is 10.6. The number of rotatable bonds is 1. The van der Waals surface area contributed by atoms with Gasteiger partial charge in [-0.25, -0.2) is 9.78 Å². The zero-order valence-corrected chi connectivity index (χ0v) is 7.20. The lowest BCUT2D eigenvalue weighted by molar-refractivity contribution is 0.0697. The molecule has 2 heterocycles. The Kier molecular flexibility index (Phi) is 1.63. The van der Waals surface area contributed by atoms with Gasteiger partial charge < -0.3 is 14.5 Å². The largest absolute Gasteiger partial charge is 0.478 e. The van der Waals surface area contributed by atoms with E-state index in [0.29, 0.717) is 0 Å². The molecule has 0 unspecified atom stereocenters. The molecule has 0 radical (unpaired) electrons. The Morgan fingerprint density at radius 2 is 2.36 bits per heavy atom. The molecule has 0 aliphatic heterocycles. The van der Waals surface area contributed by atoms with Crippen molar-refractivity contribution >= 4 is 17.1 Å². The van der Waals surface area contributed by atoms with Crippen molar-refractivity contribution < 1.29 is 14.3 Å². The maximum atomic E-state index is 11.3.